The molecule has 5 heteroatoms. The van der Waals surface area contributed by atoms with Crippen molar-refractivity contribution in [3.8, 4) is 0 Å². The Kier molecular flexibility index (Phi) is 4.50. The van der Waals surface area contributed by atoms with Gasteiger partial charge in [-0.3, -0.25) is 9.69 Å². The van der Waals surface area contributed by atoms with Gasteiger partial charge >= 0.3 is 0 Å². The van der Waals surface area contributed by atoms with Crippen LogP contribution < -0.4 is 5.32 Å². The Balaban J connectivity index is 1.91. The molecule has 1 aromatic rings. The van der Waals surface area contributed by atoms with Gasteiger partial charge in [0.05, 0.1) is 24.0 Å². The molecule has 1 amide bonds. The SMILES string of the molecule is C[C@@H]1CN(C(C)(C)CNC(=O)c2ccoc2)C[C@H](C)O1. The highest BCUT2D eigenvalue weighted by Crippen LogP contribution is 2.20. The molecule has 1 N–H and O–H groups in total. The Morgan fingerprint density at radius 1 is 1.40 bits per heavy atom. The third-order valence-corrected chi connectivity index (χ3v) is 3.74. The summed E-state index contributed by atoms with van der Waals surface area (Å²) in [6, 6.07) is 1.67. The minimum Gasteiger partial charge on any atom is -0.472 e. The van der Waals surface area contributed by atoms with Gasteiger partial charge in [0.1, 0.15) is 6.26 Å². The van der Waals surface area contributed by atoms with Crippen LogP contribution in [0, 0.1) is 0 Å². The van der Waals surface area contributed by atoms with E-state index < -0.39 is 0 Å². The third kappa shape index (κ3) is 3.61. The van der Waals surface area contributed by atoms with E-state index in [-0.39, 0.29) is 23.7 Å². The molecule has 5 nitrogen and oxygen atoms in total. The van der Waals surface area contributed by atoms with E-state index in [1.54, 1.807) is 6.07 Å². The van der Waals surface area contributed by atoms with Crippen LogP contribution in [0.4, 0.5) is 0 Å². The predicted octanol–water partition coefficient (Wildman–Crippen LogP) is 1.90. The van der Waals surface area contributed by atoms with Gasteiger partial charge in [0.2, 0.25) is 0 Å². The Hall–Kier alpha value is -1.33. The lowest BCUT2D eigenvalue weighted by atomic mass is 10.00. The molecule has 2 heterocycles. The lowest BCUT2D eigenvalue weighted by Crippen LogP contribution is -2.58. The van der Waals surface area contributed by atoms with Crippen LogP contribution in [0.5, 0.6) is 0 Å². The first-order valence-corrected chi connectivity index (χ1v) is 7.09. The molecule has 2 atom stereocenters. The van der Waals surface area contributed by atoms with E-state index in [9.17, 15) is 4.79 Å². The molecule has 20 heavy (non-hydrogen) atoms. The van der Waals surface area contributed by atoms with Crippen molar-refractivity contribution in [2.45, 2.75) is 45.4 Å². The lowest BCUT2D eigenvalue weighted by Gasteiger charge is -2.45. The Labute approximate surface area is 120 Å². The fourth-order valence-electron chi connectivity index (χ4n) is 2.58. The van der Waals surface area contributed by atoms with E-state index in [1.165, 1.54) is 12.5 Å². The van der Waals surface area contributed by atoms with Crippen LogP contribution in [-0.4, -0.2) is 48.2 Å². The molecule has 1 fully saturated rings. The molecular weight excluding hydrogens is 256 g/mol. The maximum atomic E-state index is 11.9. The molecule has 1 saturated heterocycles. The minimum atomic E-state index is -0.105. The number of ether oxygens (including phenoxy) is 1. The summed E-state index contributed by atoms with van der Waals surface area (Å²) in [5.41, 5.74) is 0.454. The van der Waals surface area contributed by atoms with Gasteiger partial charge in [-0.05, 0) is 33.8 Å². The first-order valence-electron chi connectivity index (χ1n) is 7.09. The number of nitrogens with zero attached hydrogens (tertiary/aromatic N) is 1. The zero-order valence-electron chi connectivity index (χ0n) is 12.7. The molecule has 0 bridgehead atoms. The summed E-state index contributed by atoms with van der Waals surface area (Å²) >= 11 is 0. The van der Waals surface area contributed by atoms with E-state index >= 15 is 0 Å². The van der Waals surface area contributed by atoms with Gasteiger partial charge in [-0.1, -0.05) is 0 Å². The highest BCUT2D eigenvalue weighted by molar-refractivity contribution is 5.93. The second-order valence-corrected chi connectivity index (χ2v) is 6.17. The molecule has 2 rings (SSSR count). The number of nitrogens with one attached hydrogen (secondary N) is 1. The van der Waals surface area contributed by atoms with Gasteiger partial charge in [-0.2, -0.15) is 0 Å². The standard InChI is InChI=1S/C15H24N2O3/c1-11-7-17(8-12(2)20-11)15(3,4)10-16-14(18)13-5-6-19-9-13/h5-6,9,11-12H,7-8,10H2,1-4H3,(H,16,18)/t11-,12+. The molecule has 0 radical (unpaired) electrons. The first kappa shape index (κ1) is 15.1. The van der Waals surface area contributed by atoms with Crippen LogP contribution in [0.1, 0.15) is 38.1 Å². The van der Waals surface area contributed by atoms with Gasteiger partial charge in [0.15, 0.2) is 0 Å². The van der Waals surface area contributed by atoms with E-state index in [0.717, 1.165) is 13.1 Å². The maximum Gasteiger partial charge on any atom is 0.254 e. The van der Waals surface area contributed by atoms with Crippen molar-refractivity contribution in [1.82, 2.24) is 10.2 Å². The zero-order chi connectivity index (χ0) is 14.8. The van der Waals surface area contributed by atoms with Gasteiger partial charge in [0.25, 0.3) is 5.91 Å². The molecule has 112 valence electrons. The quantitative estimate of drug-likeness (QED) is 0.915. The molecule has 0 unspecified atom stereocenters. The molecule has 0 saturated carbocycles. The van der Waals surface area contributed by atoms with Gasteiger partial charge in [0, 0.05) is 25.2 Å². The van der Waals surface area contributed by atoms with Crippen LogP contribution in [0.15, 0.2) is 23.0 Å². The summed E-state index contributed by atoms with van der Waals surface area (Å²) in [4.78, 5) is 14.3. The third-order valence-electron chi connectivity index (χ3n) is 3.74. The molecule has 1 aliphatic rings. The smallest absolute Gasteiger partial charge is 0.254 e. The number of morpholine rings is 1. The Morgan fingerprint density at radius 3 is 2.60 bits per heavy atom. The number of carbonyl (C=O) groups excluding carboxylic acids is 1. The van der Waals surface area contributed by atoms with Gasteiger partial charge in [-0.25, -0.2) is 0 Å². The fourth-order valence-corrected chi connectivity index (χ4v) is 2.58. The van der Waals surface area contributed by atoms with E-state index in [2.05, 4.69) is 37.9 Å². The fraction of sp³-hybridized carbons (Fsp3) is 0.667. The number of furan rings is 1. The van der Waals surface area contributed by atoms with E-state index in [0.29, 0.717) is 12.1 Å². The van der Waals surface area contributed by atoms with Crippen LogP contribution in [0.2, 0.25) is 0 Å². The normalized spacial score (nSPS) is 24.6. The monoisotopic (exact) mass is 280 g/mol. The summed E-state index contributed by atoms with van der Waals surface area (Å²) in [5, 5.41) is 2.97. The van der Waals surface area contributed by atoms with Crippen LogP contribution in [0.3, 0.4) is 0 Å². The lowest BCUT2D eigenvalue weighted by molar-refractivity contribution is -0.0948. The van der Waals surface area contributed by atoms with E-state index in [1.807, 2.05) is 0 Å². The van der Waals surface area contributed by atoms with Gasteiger partial charge < -0.3 is 14.5 Å². The van der Waals surface area contributed by atoms with Crippen molar-refractivity contribution in [1.29, 1.82) is 0 Å². The van der Waals surface area contributed by atoms with Gasteiger partial charge in [-0.15, -0.1) is 0 Å². The number of amides is 1. The summed E-state index contributed by atoms with van der Waals surface area (Å²) in [6.45, 7) is 10.8. The van der Waals surface area contributed by atoms with Crippen molar-refractivity contribution in [3.63, 3.8) is 0 Å². The largest absolute Gasteiger partial charge is 0.472 e. The summed E-state index contributed by atoms with van der Waals surface area (Å²) in [6.07, 6.45) is 3.41. The van der Waals surface area contributed by atoms with Crippen LogP contribution in [0.25, 0.3) is 0 Å². The van der Waals surface area contributed by atoms with Crippen molar-refractivity contribution in [2.24, 2.45) is 0 Å². The van der Waals surface area contributed by atoms with Crippen molar-refractivity contribution in [3.05, 3.63) is 24.2 Å². The van der Waals surface area contributed by atoms with Crippen molar-refractivity contribution in [2.75, 3.05) is 19.6 Å². The average Bonchev–Trinajstić information content (AvgIpc) is 2.88. The van der Waals surface area contributed by atoms with E-state index in [4.69, 9.17) is 9.15 Å². The molecule has 1 aliphatic heterocycles. The first-order chi connectivity index (χ1) is 9.38. The van der Waals surface area contributed by atoms with Crippen LogP contribution in [-0.2, 0) is 4.74 Å². The Bertz CT molecular complexity index is 432. The highest BCUT2D eigenvalue weighted by Gasteiger charge is 2.33. The highest BCUT2D eigenvalue weighted by atomic mass is 16.5. The molecule has 1 aromatic heterocycles. The second-order valence-electron chi connectivity index (χ2n) is 6.17. The average molecular weight is 280 g/mol. The minimum absolute atomic E-state index is 0.0961. The number of rotatable bonds is 4. The number of carbonyl (C=O) groups is 1. The molecule has 0 aromatic carbocycles. The predicted molar refractivity (Wildman–Crippen MR) is 76.7 cm³/mol. The number of hydrogen-bond donors (Lipinski definition) is 1. The molecular formula is C15H24N2O3. The Morgan fingerprint density at radius 2 is 2.05 bits per heavy atom. The second kappa shape index (κ2) is 5.97. The van der Waals surface area contributed by atoms with Crippen molar-refractivity contribution >= 4 is 5.91 Å². The summed E-state index contributed by atoms with van der Waals surface area (Å²) in [5.74, 6) is -0.0961. The summed E-state index contributed by atoms with van der Waals surface area (Å²) in [7, 11) is 0. The maximum absolute atomic E-state index is 11.9. The summed E-state index contributed by atoms with van der Waals surface area (Å²) < 4.78 is 10.7. The number of hydrogen-bond acceptors (Lipinski definition) is 4. The zero-order valence-corrected chi connectivity index (χ0v) is 12.7. The topological polar surface area (TPSA) is 54.7 Å². The molecule has 0 aliphatic carbocycles. The van der Waals surface area contributed by atoms with Crippen LogP contribution >= 0.6 is 0 Å². The van der Waals surface area contributed by atoms with Crippen molar-refractivity contribution < 1.29 is 13.9 Å². The molecule has 0 spiro atoms.